The molecule has 0 spiro atoms. The van der Waals surface area contributed by atoms with Gasteiger partial charge in [0.2, 0.25) is 0 Å². The van der Waals surface area contributed by atoms with Gasteiger partial charge in [-0.15, -0.1) is 0 Å². The van der Waals surface area contributed by atoms with Crippen LogP contribution in [0.3, 0.4) is 0 Å². The Labute approximate surface area is 117 Å². The number of hydrogen-bond donors (Lipinski definition) is 1. The molecule has 1 saturated carbocycles. The van der Waals surface area contributed by atoms with Crippen molar-refractivity contribution < 1.29 is 0 Å². The van der Waals surface area contributed by atoms with Gasteiger partial charge in [0.05, 0.1) is 5.69 Å². The molecule has 2 N–H and O–H groups in total. The third-order valence-corrected chi connectivity index (χ3v) is 4.46. The highest BCUT2D eigenvalue weighted by Gasteiger charge is 2.27. The van der Waals surface area contributed by atoms with Gasteiger partial charge in [0.1, 0.15) is 0 Å². The summed E-state index contributed by atoms with van der Waals surface area (Å²) in [6, 6.07) is 2.26. The molecule has 0 saturated heterocycles. The SMILES string of the molecule is CCc1cc(CC2(N)CCCCCCC2)n(CC)n1. The molecule has 0 aliphatic heterocycles. The minimum Gasteiger partial charge on any atom is -0.325 e. The Morgan fingerprint density at radius 2 is 1.79 bits per heavy atom. The number of rotatable bonds is 4. The van der Waals surface area contributed by atoms with Gasteiger partial charge in [-0.25, -0.2) is 0 Å². The van der Waals surface area contributed by atoms with Crippen LogP contribution in [0.5, 0.6) is 0 Å². The minimum absolute atomic E-state index is 0.00160. The van der Waals surface area contributed by atoms with E-state index in [-0.39, 0.29) is 5.54 Å². The molecular formula is C16H29N3. The zero-order chi connectivity index (χ0) is 13.7. The number of aromatic nitrogens is 2. The van der Waals surface area contributed by atoms with E-state index in [0.717, 1.165) is 19.4 Å². The number of nitrogens with zero attached hydrogens (tertiary/aromatic N) is 2. The Kier molecular flexibility index (Phi) is 5.03. The molecule has 19 heavy (non-hydrogen) atoms. The van der Waals surface area contributed by atoms with Crippen molar-refractivity contribution in [3.05, 3.63) is 17.5 Å². The van der Waals surface area contributed by atoms with Crippen molar-refractivity contribution in [2.45, 2.75) is 83.7 Å². The maximum Gasteiger partial charge on any atom is 0.0624 e. The second-order valence-electron chi connectivity index (χ2n) is 6.10. The predicted molar refractivity (Wildman–Crippen MR) is 80.2 cm³/mol. The smallest absolute Gasteiger partial charge is 0.0624 e. The first-order chi connectivity index (χ1) is 9.17. The highest BCUT2D eigenvalue weighted by molar-refractivity contribution is 5.14. The summed E-state index contributed by atoms with van der Waals surface area (Å²) in [6.07, 6.45) is 11.0. The van der Waals surface area contributed by atoms with Gasteiger partial charge in [0.15, 0.2) is 0 Å². The fourth-order valence-corrected chi connectivity index (χ4v) is 3.25. The molecule has 3 nitrogen and oxygen atoms in total. The van der Waals surface area contributed by atoms with Gasteiger partial charge < -0.3 is 5.73 Å². The monoisotopic (exact) mass is 263 g/mol. The summed E-state index contributed by atoms with van der Waals surface area (Å²) < 4.78 is 2.15. The van der Waals surface area contributed by atoms with Crippen LogP contribution < -0.4 is 5.73 Å². The molecule has 0 bridgehead atoms. The summed E-state index contributed by atoms with van der Waals surface area (Å²) >= 11 is 0. The fourth-order valence-electron chi connectivity index (χ4n) is 3.25. The first-order valence-corrected chi connectivity index (χ1v) is 8.01. The largest absolute Gasteiger partial charge is 0.325 e. The van der Waals surface area contributed by atoms with Gasteiger partial charge in [-0.05, 0) is 32.3 Å². The van der Waals surface area contributed by atoms with Crippen LogP contribution in [0.15, 0.2) is 6.07 Å². The highest BCUT2D eigenvalue weighted by Crippen LogP contribution is 2.27. The average Bonchev–Trinajstić information content (AvgIpc) is 2.77. The molecule has 0 aromatic carbocycles. The van der Waals surface area contributed by atoms with E-state index in [1.807, 2.05) is 0 Å². The lowest BCUT2D eigenvalue weighted by Crippen LogP contribution is -2.43. The zero-order valence-electron chi connectivity index (χ0n) is 12.6. The Balaban J connectivity index is 2.10. The molecule has 1 heterocycles. The van der Waals surface area contributed by atoms with Crippen LogP contribution in [0.2, 0.25) is 0 Å². The molecule has 2 rings (SSSR count). The molecule has 0 unspecified atom stereocenters. The lowest BCUT2D eigenvalue weighted by Gasteiger charge is -2.31. The first-order valence-electron chi connectivity index (χ1n) is 8.01. The van der Waals surface area contributed by atoms with Gasteiger partial charge in [-0.2, -0.15) is 5.10 Å². The summed E-state index contributed by atoms with van der Waals surface area (Å²) in [6.45, 7) is 5.28. The van der Waals surface area contributed by atoms with Gasteiger partial charge in [0.25, 0.3) is 0 Å². The molecule has 108 valence electrons. The standard InChI is InChI=1S/C16H29N3/c1-3-14-12-15(19(4-2)18-14)13-16(17)10-8-6-5-7-9-11-16/h12H,3-11,13,17H2,1-2H3. The predicted octanol–water partition coefficient (Wildman–Crippen LogP) is 3.45. The molecule has 1 aromatic rings. The van der Waals surface area contributed by atoms with Crippen LogP contribution in [0.25, 0.3) is 0 Å². The average molecular weight is 263 g/mol. The third kappa shape index (κ3) is 3.82. The number of aryl methyl sites for hydroxylation is 2. The number of hydrogen-bond acceptors (Lipinski definition) is 2. The van der Waals surface area contributed by atoms with Gasteiger partial charge in [0, 0.05) is 24.2 Å². The van der Waals surface area contributed by atoms with Crippen molar-refractivity contribution in [2.24, 2.45) is 5.73 Å². The van der Waals surface area contributed by atoms with E-state index < -0.39 is 0 Å². The molecule has 0 radical (unpaired) electrons. The lowest BCUT2D eigenvalue weighted by atomic mass is 9.81. The van der Waals surface area contributed by atoms with E-state index in [2.05, 4.69) is 29.7 Å². The molecular weight excluding hydrogens is 234 g/mol. The Bertz CT molecular complexity index is 387. The zero-order valence-corrected chi connectivity index (χ0v) is 12.6. The maximum atomic E-state index is 6.69. The van der Waals surface area contributed by atoms with Crippen molar-refractivity contribution in [3.8, 4) is 0 Å². The topological polar surface area (TPSA) is 43.8 Å². The molecule has 0 atom stereocenters. The molecule has 1 aliphatic carbocycles. The second kappa shape index (κ2) is 6.56. The molecule has 0 amide bonds. The summed E-state index contributed by atoms with van der Waals surface area (Å²) in [5, 5.41) is 4.65. The summed E-state index contributed by atoms with van der Waals surface area (Å²) in [4.78, 5) is 0. The van der Waals surface area contributed by atoms with E-state index in [1.165, 1.54) is 56.3 Å². The summed E-state index contributed by atoms with van der Waals surface area (Å²) in [5.41, 5.74) is 9.23. The van der Waals surface area contributed by atoms with Crippen LogP contribution in [0.4, 0.5) is 0 Å². The van der Waals surface area contributed by atoms with Crippen LogP contribution in [0, 0.1) is 0 Å². The van der Waals surface area contributed by atoms with Crippen molar-refractivity contribution in [2.75, 3.05) is 0 Å². The highest BCUT2D eigenvalue weighted by atomic mass is 15.3. The summed E-state index contributed by atoms with van der Waals surface area (Å²) in [7, 11) is 0. The fraction of sp³-hybridized carbons (Fsp3) is 0.812. The normalized spacial score (nSPS) is 19.9. The van der Waals surface area contributed by atoms with Gasteiger partial charge >= 0.3 is 0 Å². The Morgan fingerprint density at radius 1 is 1.16 bits per heavy atom. The molecule has 1 fully saturated rings. The van der Waals surface area contributed by atoms with E-state index in [9.17, 15) is 0 Å². The van der Waals surface area contributed by atoms with Crippen LogP contribution in [0.1, 0.15) is 70.2 Å². The van der Waals surface area contributed by atoms with E-state index in [4.69, 9.17) is 5.73 Å². The second-order valence-corrected chi connectivity index (χ2v) is 6.10. The van der Waals surface area contributed by atoms with Crippen molar-refractivity contribution in [1.29, 1.82) is 0 Å². The van der Waals surface area contributed by atoms with Crippen molar-refractivity contribution >= 4 is 0 Å². The quantitative estimate of drug-likeness (QED) is 0.904. The third-order valence-electron chi connectivity index (χ3n) is 4.46. The first kappa shape index (κ1) is 14.6. The van der Waals surface area contributed by atoms with E-state index >= 15 is 0 Å². The Morgan fingerprint density at radius 3 is 2.37 bits per heavy atom. The number of nitrogens with two attached hydrogens (primary N) is 1. The molecule has 3 heteroatoms. The van der Waals surface area contributed by atoms with Crippen LogP contribution in [-0.2, 0) is 19.4 Å². The summed E-state index contributed by atoms with van der Waals surface area (Å²) in [5.74, 6) is 0. The maximum absolute atomic E-state index is 6.69. The van der Waals surface area contributed by atoms with E-state index in [0.29, 0.717) is 0 Å². The van der Waals surface area contributed by atoms with Crippen molar-refractivity contribution in [3.63, 3.8) is 0 Å². The van der Waals surface area contributed by atoms with Gasteiger partial charge in [-0.1, -0.05) is 39.0 Å². The van der Waals surface area contributed by atoms with Crippen LogP contribution >= 0.6 is 0 Å². The minimum atomic E-state index is -0.00160. The van der Waals surface area contributed by atoms with Gasteiger partial charge in [-0.3, -0.25) is 4.68 Å². The van der Waals surface area contributed by atoms with E-state index in [1.54, 1.807) is 0 Å². The Hall–Kier alpha value is -0.830. The lowest BCUT2D eigenvalue weighted by molar-refractivity contribution is 0.308. The molecule has 1 aromatic heterocycles. The molecule has 1 aliphatic rings. The van der Waals surface area contributed by atoms with Crippen molar-refractivity contribution in [1.82, 2.24) is 9.78 Å². The van der Waals surface area contributed by atoms with Crippen LogP contribution in [-0.4, -0.2) is 15.3 Å².